The van der Waals surface area contributed by atoms with Crippen LogP contribution >= 0.6 is 11.6 Å². The lowest BCUT2D eigenvalue weighted by atomic mass is 10.1. The first-order chi connectivity index (χ1) is 8.72. The van der Waals surface area contributed by atoms with Crippen LogP contribution in [-0.2, 0) is 13.0 Å². The highest BCUT2D eigenvalue weighted by molar-refractivity contribution is 6.33. The smallest absolute Gasteiger partial charge is 0.0765 e. The lowest BCUT2D eigenvalue weighted by Gasteiger charge is -2.13. The van der Waals surface area contributed by atoms with Gasteiger partial charge in [-0.05, 0) is 29.7 Å². The minimum absolute atomic E-state index is 0.656. The number of nitrogens with one attached hydrogen (secondary N) is 1. The molecule has 0 saturated heterocycles. The van der Waals surface area contributed by atoms with Crippen molar-refractivity contribution in [3.05, 3.63) is 58.6 Å². The molecule has 2 rings (SSSR count). The van der Waals surface area contributed by atoms with Gasteiger partial charge in [0, 0.05) is 6.54 Å². The second kappa shape index (κ2) is 5.78. The molecular formula is C15H17ClN2. The summed E-state index contributed by atoms with van der Waals surface area (Å²) in [5, 5.41) is 3.97. The van der Waals surface area contributed by atoms with Crippen LogP contribution in [0.15, 0.2) is 42.5 Å². The zero-order chi connectivity index (χ0) is 13.0. The summed E-state index contributed by atoms with van der Waals surface area (Å²) in [6, 6.07) is 13.9. The normalized spacial score (nSPS) is 10.3. The molecule has 3 N–H and O–H groups in total. The van der Waals surface area contributed by atoms with Gasteiger partial charge < -0.3 is 11.1 Å². The fourth-order valence-corrected chi connectivity index (χ4v) is 2.23. The van der Waals surface area contributed by atoms with Gasteiger partial charge in [-0.1, -0.05) is 48.9 Å². The van der Waals surface area contributed by atoms with E-state index in [9.17, 15) is 0 Å². The zero-order valence-electron chi connectivity index (χ0n) is 10.4. The molecule has 0 aromatic heterocycles. The van der Waals surface area contributed by atoms with Gasteiger partial charge in [0.1, 0.15) is 0 Å². The Hall–Kier alpha value is -1.67. The second-order valence-corrected chi connectivity index (χ2v) is 4.59. The maximum Gasteiger partial charge on any atom is 0.0765 e. The average molecular weight is 261 g/mol. The Labute approximate surface area is 113 Å². The first-order valence-electron chi connectivity index (χ1n) is 6.07. The molecule has 0 unspecified atom stereocenters. The number of hydrogen-bond acceptors (Lipinski definition) is 2. The molecule has 0 radical (unpaired) electrons. The molecule has 18 heavy (non-hydrogen) atoms. The van der Waals surface area contributed by atoms with E-state index in [1.807, 2.05) is 24.3 Å². The number of halogens is 1. The molecule has 0 spiro atoms. The maximum absolute atomic E-state index is 6.13. The van der Waals surface area contributed by atoms with Crippen LogP contribution in [0.3, 0.4) is 0 Å². The number of anilines is 2. The first-order valence-corrected chi connectivity index (χ1v) is 6.44. The highest BCUT2D eigenvalue weighted by Crippen LogP contribution is 2.28. The Morgan fingerprint density at radius 2 is 1.78 bits per heavy atom. The second-order valence-electron chi connectivity index (χ2n) is 4.18. The Morgan fingerprint density at radius 3 is 2.44 bits per heavy atom. The van der Waals surface area contributed by atoms with E-state index in [1.165, 1.54) is 11.1 Å². The quantitative estimate of drug-likeness (QED) is 0.813. The molecule has 0 aliphatic heterocycles. The lowest BCUT2D eigenvalue weighted by Crippen LogP contribution is -2.05. The third-order valence-corrected chi connectivity index (χ3v) is 3.32. The minimum atomic E-state index is 0.656. The molecule has 2 aromatic rings. The molecule has 0 heterocycles. The summed E-state index contributed by atoms with van der Waals surface area (Å²) in [4.78, 5) is 0. The Morgan fingerprint density at radius 1 is 1.06 bits per heavy atom. The van der Waals surface area contributed by atoms with Gasteiger partial charge in [-0.25, -0.2) is 0 Å². The molecule has 94 valence electrons. The fraction of sp³-hybridized carbons (Fsp3) is 0.200. The largest absolute Gasteiger partial charge is 0.397 e. The van der Waals surface area contributed by atoms with Crippen molar-refractivity contribution in [2.75, 3.05) is 11.1 Å². The van der Waals surface area contributed by atoms with Crippen LogP contribution in [0.5, 0.6) is 0 Å². The number of hydrogen-bond donors (Lipinski definition) is 2. The Kier molecular flexibility index (Phi) is 4.11. The van der Waals surface area contributed by atoms with Crippen LogP contribution < -0.4 is 11.1 Å². The van der Waals surface area contributed by atoms with Gasteiger partial charge in [-0.3, -0.25) is 0 Å². The maximum atomic E-state index is 6.13. The monoisotopic (exact) mass is 260 g/mol. The summed E-state index contributed by atoms with van der Waals surface area (Å²) < 4.78 is 0. The molecule has 3 heteroatoms. The summed E-state index contributed by atoms with van der Waals surface area (Å²) >= 11 is 6.13. The minimum Gasteiger partial charge on any atom is -0.397 e. The molecule has 0 atom stereocenters. The van der Waals surface area contributed by atoms with E-state index >= 15 is 0 Å². The van der Waals surface area contributed by atoms with Crippen molar-refractivity contribution in [2.45, 2.75) is 19.9 Å². The zero-order valence-corrected chi connectivity index (χ0v) is 11.2. The molecule has 2 nitrogen and oxygen atoms in total. The van der Waals surface area contributed by atoms with E-state index in [-0.39, 0.29) is 0 Å². The molecule has 0 saturated carbocycles. The molecular weight excluding hydrogens is 244 g/mol. The van der Waals surface area contributed by atoms with Crippen molar-refractivity contribution in [1.82, 2.24) is 0 Å². The van der Waals surface area contributed by atoms with Crippen molar-refractivity contribution in [2.24, 2.45) is 0 Å². The van der Waals surface area contributed by atoms with E-state index < -0.39 is 0 Å². The molecule has 0 aliphatic rings. The highest BCUT2D eigenvalue weighted by Gasteiger charge is 2.05. The number of aryl methyl sites for hydroxylation is 1. The van der Waals surface area contributed by atoms with E-state index in [1.54, 1.807) is 0 Å². The number of rotatable bonds is 4. The first kappa shape index (κ1) is 12.8. The highest BCUT2D eigenvalue weighted by atomic mass is 35.5. The van der Waals surface area contributed by atoms with Crippen LogP contribution in [0.25, 0.3) is 0 Å². The number of nitrogens with two attached hydrogens (primary N) is 1. The molecule has 0 aliphatic carbocycles. The third kappa shape index (κ3) is 2.77. The van der Waals surface area contributed by atoms with Crippen molar-refractivity contribution in [3.63, 3.8) is 0 Å². The van der Waals surface area contributed by atoms with Gasteiger partial charge in [-0.2, -0.15) is 0 Å². The third-order valence-electron chi connectivity index (χ3n) is 3.00. The van der Waals surface area contributed by atoms with E-state index in [0.717, 1.165) is 18.7 Å². The summed E-state index contributed by atoms with van der Waals surface area (Å²) in [7, 11) is 0. The van der Waals surface area contributed by atoms with E-state index in [0.29, 0.717) is 10.7 Å². The summed E-state index contributed by atoms with van der Waals surface area (Å²) in [5.41, 5.74) is 10.0. The lowest BCUT2D eigenvalue weighted by molar-refractivity contribution is 1.04. The summed E-state index contributed by atoms with van der Waals surface area (Å²) in [5.74, 6) is 0. The molecule has 0 amide bonds. The summed E-state index contributed by atoms with van der Waals surface area (Å²) in [6.45, 7) is 2.89. The average Bonchev–Trinajstić information content (AvgIpc) is 2.38. The molecule has 0 bridgehead atoms. The topological polar surface area (TPSA) is 38.0 Å². The fourth-order valence-electron chi connectivity index (χ4n) is 1.99. The Balaban J connectivity index is 2.16. The van der Waals surface area contributed by atoms with Crippen LogP contribution in [-0.4, -0.2) is 0 Å². The van der Waals surface area contributed by atoms with Crippen LogP contribution in [0.4, 0.5) is 11.4 Å². The van der Waals surface area contributed by atoms with E-state index in [2.05, 4.69) is 30.4 Å². The van der Waals surface area contributed by atoms with Gasteiger partial charge in [0.05, 0.1) is 16.4 Å². The van der Waals surface area contributed by atoms with Gasteiger partial charge in [0.25, 0.3) is 0 Å². The number of para-hydroxylation sites is 1. The van der Waals surface area contributed by atoms with Crippen LogP contribution in [0, 0.1) is 0 Å². The standard InChI is InChI=1S/C15H17ClN2/c1-2-11-6-3-4-7-12(11)10-18-15-13(16)8-5-9-14(15)17/h3-9,18H,2,10,17H2,1H3. The number of benzene rings is 2. The van der Waals surface area contributed by atoms with Crippen molar-refractivity contribution in [3.8, 4) is 0 Å². The van der Waals surface area contributed by atoms with Crippen molar-refractivity contribution < 1.29 is 0 Å². The SMILES string of the molecule is CCc1ccccc1CNc1c(N)cccc1Cl. The van der Waals surface area contributed by atoms with Crippen LogP contribution in [0.2, 0.25) is 5.02 Å². The van der Waals surface area contributed by atoms with Gasteiger partial charge in [0.15, 0.2) is 0 Å². The van der Waals surface area contributed by atoms with Gasteiger partial charge in [0.2, 0.25) is 0 Å². The summed E-state index contributed by atoms with van der Waals surface area (Å²) in [6.07, 6.45) is 1.02. The van der Waals surface area contributed by atoms with Crippen LogP contribution in [0.1, 0.15) is 18.1 Å². The van der Waals surface area contributed by atoms with Crippen molar-refractivity contribution >= 4 is 23.0 Å². The molecule has 2 aromatic carbocycles. The predicted molar refractivity (Wildman–Crippen MR) is 79.0 cm³/mol. The predicted octanol–water partition coefficient (Wildman–Crippen LogP) is 4.10. The van der Waals surface area contributed by atoms with Crippen molar-refractivity contribution in [1.29, 1.82) is 0 Å². The Bertz CT molecular complexity index is 518. The van der Waals surface area contributed by atoms with Gasteiger partial charge >= 0.3 is 0 Å². The van der Waals surface area contributed by atoms with E-state index in [4.69, 9.17) is 17.3 Å². The molecule has 0 fully saturated rings. The van der Waals surface area contributed by atoms with Gasteiger partial charge in [-0.15, -0.1) is 0 Å². The number of nitrogen functional groups attached to an aromatic ring is 1.